The predicted molar refractivity (Wildman–Crippen MR) is 106 cm³/mol. The predicted octanol–water partition coefficient (Wildman–Crippen LogP) is 5.92. The van der Waals surface area contributed by atoms with Gasteiger partial charge in [-0.3, -0.25) is 4.79 Å². The molecule has 0 unspecified atom stereocenters. The highest BCUT2D eigenvalue weighted by molar-refractivity contribution is 5.80. The molecule has 1 aromatic heterocycles. The highest BCUT2D eigenvalue weighted by Crippen LogP contribution is 2.39. The summed E-state index contributed by atoms with van der Waals surface area (Å²) in [6.45, 7) is 6.63. The van der Waals surface area contributed by atoms with E-state index in [-0.39, 0.29) is 23.5 Å². The molecule has 2 aromatic carbocycles. The number of aryl methyl sites for hydroxylation is 2. The van der Waals surface area contributed by atoms with Gasteiger partial charge in [0, 0.05) is 6.07 Å². The molecule has 0 fully saturated rings. The van der Waals surface area contributed by atoms with Gasteiger partial charge in [0.15, 0.2) is 0 Å². The van der Waals surface area contributed by atoms with Crippen molar-refractivity contribution in [2.45, 2.75) is 20.0 Å². The molecule has 0 atom stereocenters. The van der Waals surface area contributed by atoms with Crippen molar-refractivity contribution >= 4 is 17.1 Å². The highest BCUT2D eigenvalue weighted by Gasteiger charge is 2.40. The van der Waals surface area contributed by atoms with E-state index in [1.165, 1.54) is 24.3 Å². The summed E-state index contributed by atoms with van der Waals surface area (Å²) in [6.07, 6.45) is -4.79. The van der Waals surface area contributed by atoms with Crippen molar-refractivity contribution in [3.05, 3.63) is 76.2 Å². The molecule has 0 saturated carbocycles. The highest BCUT2D eigenvalue weighted by atomic mass is 19.4. The summed E-state index contributed by atoms with van der Waals surface area (Å²) in [4.78, 5) is 24.4. The number of hydrogen-bond donors (Lipinski definition) is 0. The van der Waals surface area contributed by atoms with E-state index in [4.69, 9.17) is 13.9 Å². The fourth-order valence-corrected chi connectivity index (χ4v) is 2.68. The molecule has 0 N–H and O–H groups in total. The third kappa shape index (κ3) is 4.88. The molecule has 1 heterocycles. The lowest BCUT2D eigenvalue weighted by atomic mass is 10.1. The molecule has 0 aliphatic heterocycles. The van der Waals surface area contributed by atoms with Gasteiger partial charge in [-0.1, -0.05) is 24.8 Å². The molecule has 162 valence electrons. The Morgan fingerprint density at radius 1 is 1.16 bits per heavy atom. The van der Waals surface area contributed by atoms with Crippen LogP contribution in [0.15, 0.2) is 58.3 Å². The molecule has 6 nitrogen and oxygen atoms in total. The zero-order chi connectivity index (χ0) is 22.8. The minimum absolute atomic E-state index is 0.0991. The molecule has 0 bridgehead atoms. The van der Waals surface area contributed by atoms with Crippen LogP contribution in [0.4, 0.5) is 18.0 Å². The molecule has 0 spiro atoms. The van der Waals surface area contributed by atoms with Crippen molar-refractivity contribution in [2.75, 3.05) is 6.61 Å². The van der Waals surface area contributed by atoms with E-state index >= 15 is 0 Å². The van der Waals surface area contributed by atoms with E-state index in [0.717, 1.165) is 11.6 Å². The maximum Gasteiger partial charge on any atom is 0.514 e. The zero-order valence-corrected chi connectivity index (χ0v) is 16.5. The Hall–Kier alpha value is -3.75. The van der Waals surface area contributed by atoms with Crippen molar-refractivity contribution in [3.63, 3.8) is 0 Å². The average Bonchev–Trinajstić information content (AvgIpc) is 2.70. The van der Waals surface area contributed by atoms with E-state index in [0.29, 0.717) is 5.56 Å². The smallest absolute Gasteiger partial charge is 0.449 e. The van der Waals surface area contributed by atoms with Gasteiger partial charge in [-0.25, -0.2) is 4.79 Å². The quantitative estimate of drug-likeness (QED) is 0.282. The monoisotopic (exact) mass is 434 g/mol. The molecule has 3 aromatic rings. The van der Waals surface area contributed by atoms with Gasteiger partial charge in [-0.05, 0) is 43.2 Å². The Morgan fingerprint density at radius 2 is 1.90 bits per heavy atom. The summed E-state index contributed by atoms with van der Waals surface area (Å²) in [5.41, 5.74) is -0.167. The fourth-order valence-electron chi connectivity index (χ4n) is 2.68. The Kier molecular flexibility index (Phi) is 6.05. The van der Waals surface area contributed by atoms with Gasteiger partial charge >= 0.3 is 12.3 Å². The second-order valence-electron chi connectivity index (χ2n) is 6.57. The Labute approximate surface area is 174 Å². The summed E-state index contributed by atoms with van der Waals surface area (Å²) < 4.78 is 60.9. The van der Waals surface area contributed by atoms with Crippen LogP contribution in [0.25, 0.3) is 11.0 Å². The van der Waals surface area contributed by atoms with Crippen molar-refractivity contribution in [2.24, 2.45) is 0 Å². The van der Waals surface area contributed by atoms with Gasteiger partial charge in [0.25, 0.3) is 5.76 Å². The average molecular weight is 434 g/mol. The van der Waals surface area contributed by atoms with Crippen LogP contribution in [-0.4, -0.2) is 12.8 Å². The van der Waals surface area contributed by atoms with Gasteiger partial charge in [0.2, 0.25) is 11.2 Å². The number of hydrogen-bond acceptors (Lipinski definition) is 6. The molecular weight excluding hydrogens is 417 g/mol. The number of rotatable bonds is 5. The number of ether oxygens (including phenoxy) is 3. The van der Waals surface area contributed by atoms with Gasteiger partial charge in [0.05, 0.1) is 5.39 Å². The first-order valence-electron chi connectivity index (χ1n) is 8.99. The van der Waals surface area contributed by atoms with Crippen LogP contribution < -0.4 is 14.9 Å². The van der Waals surface area contributed by atoms with Gasteiger partial charge in [-0.2, -0.15) is 13.2 Å². The first-order valence-corrected chi connectivity index (χ1v) is 8.99. The van der Waals surface area contributed by atoms with Gasteiger partial charge in [-0.15, -0.1) is 0 Å². The maximum atomic E-state index is 13.7. The minimum Gasteiger partial charge on any atom is -0.449 e. The van der Waals surface area contributed by atoms with E-state index < -0.39 is 34.9 Å². The second kappa shape index (κ2) is 8.55. The van der Waals surface area contributed by atoms with E-state index in [1.807, 2.05) is 0 Å². The molecule has 3 rings (SSSR count). The topological polar surface area (TPSA) is 75.0 Å². The van der Waals surface area contributed by atoms with E-state index in [1.54, 1.807) is 26.0 Å². The summed E-state index contributed by atoms with van der Waals surface area (Å²) >= 11 is 0. The van der Waals surface area contributed by atoms with Crippen LogP contribution in [0.3, 0.4) is 0 Å². The van der Waals surface area contributed by atoms with Crippen molar-refractivity contribution in [1.29, 1.82) is 0 Å². The molecule has 0 aliphatic carbocycles. The minimum atomic E-state index is -5.01. The number of halogens is 3. The molecule has 31 heavy (non-hydrogen) atoms. The maximum absolute atomic E-state index is 13.7. The van der Waals surface area contributed by atoms with Crippen LogP contribution in [0.5, 0.6) is 17.2 Å². The van der Waals surface area contributed by atoms with Crippen LogP contribution in [0.2, 0.25) is 0 Å². The zero-order valence-electron chi connectivity index (χ0n) is 16.5. The van der Waals surface area contributed by atoms with Crippen LogP contribution in [0.1, 0.15) is 16.9 Å². The van der Waals surface area contributed by atoms with Gasteiger partial charge in [0.1, 0.15) is 23.7 Å². The Bertz CT molecular complexity index is 1210. The summed E-state index contributed by atoms with van der Waals surface area (Å²) in [6, 6.07) is 8.33. The SMILES string of the molecule is C=CCOC(=O)Oc1ccc2c(=O)c(Oc3cc(C)ccc3C)c(C(F)(F)F)oc2c1. The molecule has 0 radical (unpaired) electrons. The number of benzene rings is 2. The number of fused-ring (bicyclic) bond motifs is 1. The third-order valence-corrected chi connectivity index (χ3v) is 4.16. The summed E-state index contributed by atoms with van der Waals surface area (Å²) in [5, 5.41) is -0.180. The molecule has 0 aliphatic rings. The van der Waals surface area contributed by atoms with Crippen molar-refractivity contribution in [1.82, 2.24) is 0 Å². The third-order valence-electron chi connectivity index (χ3n) is 4.16. The largest absolute Gasteiger partial charge is 0.514 e. The Morgan fingerprint density at radius 3 is 2.58 bits per heavy atom. The lowest BCUT2D eigenvalue weighted by Gasteiger charge is -2.15. The summed E-state index contributed by atoms with van der Waals surface area (Å²) in [5.74, 6) is -2.65. The standard InChI is InChI=1S/C22H17F3O6/c1-4-9-28-21(27)29-14-7-8-15-17(11-14)31-20(22(23,24)25)19(18(15)26)30-16-10-12(2)5-6-13(16)3/h4-8,10-11H,1,9H2,2-3H3. The number of carbonyl (C=O) groups is 1. The second-order valence-corrected chi connectivity index (χ2v) is 6.57. The first kappa shape index (κ1) is 21.9. The molecular formula is C22H17F3O6. The van der Waals surface area contributed by atoms with E-state index in [2.05, 4.69) is 11.3 Å². The number of alkyl halides is 3. The molecule has 0 saturated heterocycles. The van der Waals surface area contributed by atoms with E-state index in [9.17, 15) is 22.8 Å². The van der Waals surface area contributed by atoms with Crippen molar-refractivity contribution < 1.29 is 36.6 Å². The van der Waals surface area contributed by atoms with Gasteiger partial charge < -0.3 is 18.6 Å². The number of carbonyl (C=O) groups excluding carboxylic acids is 1. The lowest BCUT2D eigenvalue weighted by molar-refractivity contribution is -0.154. The van der Waals surface area contributed by atoms with Crippen molar-refractivity contribution in [3.8, 4) is 17.2 Å². The normalized spacial score (nSPS) is 11.3. The lowest BCUT2D eigenvalue weighted by Crippen LogP contribution is -2.16. The summed E-state index contributed by atoms with van der Waals surface area (Å²) in [7, 11) is 0. The van der Waals surface area contributed by atoms with Crippen LogP contribution in [0, 0.1) is 13.8 Å². The first-order chi connectivity index (χ1) is 14.6. The van der Waals surface area contributed by atoms with Crippen LogP contribution >= 0.6 is 0 Å². The molecule has 9 heteroatoms. The fraction of sp³-hybridized carbons (Fsp3) is 0.182. The Balaban J connectivity index is 2.10. The molecule has 0 amide bonds. The van der Waals surface area contributed by atoms with Crippen LogP contribution in [-0.2, 0) is 10.9 Å².